The summed E-state index contributed by atoms with van der Waals surface area (Å²) in [6, 6.07) is 6.96. The van der Waals surface area contributed by atoms with Gasteiger partial charge in [-0.3, -0.25) is 4.79 Å². The molecule has 2 aromatic heterocycles. The monoisotopic (exact) mass is 314 g/mol. The summed E-state index contributed by atoms with van der Waals surface area (Å²) in [6.45, 7) is 0. The molecule has 2 heterocycles. The van der Waals surface area contributed by atoms with Crippen LogP contribution in [0.3, 0.4) is 0 Å². The zero-order valence-corrected chi connectivity index (χ0v) is 12.7. The Balaban J connectivity index is 1.63. The van der Waals surface area contributed by atoms with Gasteiger partial charge < -0.3 is 20.5 Å². The summed E-state index contributed by atoms with van der Waals surface area (Å²) in [7, 11) is 1.79. The molecule has 0 spiro atoms. The van der Waals surface area contributed by atoms with Gasteiger partial charge in [0.15, 0.2) is 0 Å². The topological polar surface area (TPSA) is 96.4 Å². The Morgan fingerprint density at radius 1 is 1.22 bits per heavy atom. The minimum absolute atomic E-state index is 0.125. The molecular weight excluding hydrogens is 296 g/mol. The number of aliphatic hydroxyl groups is 1. The van der Waals surface area contributed by atoms with E-state index in [9.17, 15) is 9.90 Å². The molecule has 2 aromatic rings. The maximum absolute atomic E-state index is 12.0. The molecular formula is C16H18N4O3. The molecule has 7 heteroatoms. The van der Waals surface area contributed by atoms with Gasteiger partial charge in [0.1, 0.15) is 23.1 Å². The van der Waals surface area contributed by atoms with Crippen molar-refractivity contribution in [3.63, 3.8) is 0 Å². The van der Waals surface area contributed by atoms with Crippen molar-refractivity contribution in [1.82, 2.24) is 9.97 Å². The van der Waals surface area contributed by atoms with E-state index in [1.807, 2.05) is 0 Å². The van der Waals surface area contributed by atoms with Gasteiger partial charge in [-0.15, -0.1) is 0 Å². The van der Waals surface area contributed by atoms with E-state index < -0.39 is 0 Å². The molecule has 7 nitrogen and oxygen atoms in total. The lowest BCUT2D eigenvalue weighted by Gasteiger charge is -2.29. The number of amides is 1. The van der Waals surface area contributed by atoms with Crippen LogP contribution in [0.1, 0.15) is 12.8 Å². The smallest absolute Gasteiger partial charge is 0.228 e. The fourth-order valence-corrected chi connectivity index (χ4v) is 2.30. The average Bonchev–Trinajstić information content (AvgIpc) is 2.53. The molecule has 0 aromatic carbocycles. The molecule has 1 aliphatic carbocycles. The summed E-state index contributed by atoms with van der Waals surface area (Å²) >= 11 is 0. The fourth-order valence-electron chi connectivity index (χ4n) is 2.30. The lowest BCUT2D eigenvalue weighted by atomic mass is 9.82. The standard InChI is InChI=1S/C16H18N4O3/c1-17-14-3-2-13(9-19-14)23-12-4-5-18-15(8-12)20-16(22)10-6-11(21)7-10/h2-5,8-11,21H,6-7H2,1H3,(H,17,19)(H,18,20,22). The van der Waals surface area contributed by atoms with E-state index in [4.69, 9.17) is 4.74 Å². The molecule has 0 atom stereocenters. The Bertz CT molecular complexity index is 684. The molecule has 23 heavy (non-hydrogen) atoms. The van der Waals surface area contributed by atoms with Crippen molar-refractivity contribution < 1.29 is 14.6 Å². The first kappa shape index (κ1) is 15.2. The van der Waals surface area contributed by atoms with Crippen molar-refractivity contribution in [2.75, 3.05) is 17.7 Å². The molecule has 0 bridgehead atoms. The van der Waals surface area contributed by atoms with Crippen LogP contribution in [-0.4, -0.2) is 34.1 Å². The number of rotatable bonds is 5. The molecule has 1 aliphatic rings. The predicted molar refractivity (Wildman–Crippen MR) is 85.5 cm³/mol. The fraction of sp³-hybridized carbons (Fsp3) is 0.312. The highest BCUT2D eigenvalue weighted by atomic mass is 16.5. The summed E-state index contributed by atoms with van der Waals surface area (Å²) in [5.74, 6) is 2.06. The number of nitrogens with zero attached hydrogens (tertiary/aromatic N) is 2. The maximum atomic E-state index is 12.0. The molecule has 0 unspecified atom stereocenters. The summed E-state index contributed by atoms with van der Waals surface area (Å²) in [6.07, 6.45) is 3.83. The Morgan fingerprint density at radius 3 is 2.70 bits per heavy atom. The van der Waals surface area contributed by atoms with Crippen LogP contribution in [0.4, 0.5) is 11.6 Å². The molecule has 3 N–H and O–H groups in total. The Hall–Kier alpha value is -2.67. The van der Waals surface area contributed by atoms with Gasteiger partial charge in [-0.1, -0.05) is 0 Å². The molecule has 1 fully saturated rings. The summed E-state index contributed by atoms with van der Waals surface area (Å²) in [5, 5.41) is 14.9. The second-order valence-corrected chi connectivity index (χ2v) is 5.42. The van der Waals surface area contributed by atoms with Gasteiger partial charge in [0.25, 0.3) is 0 Å². The maximum Gasteiger partial charge on any atom is 0.228 e. The van der Waals surface area contributed by atoms with Gasteiger partial charge in [0, 0.05) is 25.2 Å². The highest BCUT2D eigenvalue weighted by Crippen LogP contribution is 2.29. The van der Waals surface area contributed by atoms with E-state index in [2.05, 4.69) is 20.6 Å². The third kappa shape index (κ3) is 3.75. The number of anilines is 2. The van der Waals surface area contributed by atoms with Crippen LogP contribution in [0, 0.1) is 5.92 Å². The SMILES string of the molecule is CNc1ccc(Oc2ccnc(NC(=O)C3CC(O)C3)c2)cn1. The molecule has 0 radical (unpaired) electrons. The number of carbonyl (C=O) groups is 1. The van der Waals surface area contributed by atoms with Crippen LogP contribution in [-0.2, 0) is 4.79 Å². The molecule has 0 aliphatic heterocycles. The average molecular weight is 314 g/mol. The summed E-state index contributed by atoms with van der Waals surface area (Å²) in [5.41, 5.74) is 0. The number of hydrogen-bond acceptors (Lipinski definition) is 6. The van der Waals surface area contributed by atoms with E-state index in [1.165, 1.54) is 0 Å². The Labute approximate surface area is 133 Å². The van der Waals surface area contributed by atoms with E-state index in [0.29, 0.717) is 30.2 Å². The largest absolute Gasteiger partial charge is 0.456 e. The molecule has 0 saturated heterocycles. The van der Waals surface area contributed by atoms with Gasteiger partial charge in [-0.05, 0) is 31.0 Å². The van der Waals surface area contributed by atoms with Crippen LogP contribution in [0.2, 0.25) is 0 Å². The number of hydrogen-bond donors (Lipinski definition) is 3. The second kappa shape index (κ2) is 6.62. The zero-order chi connectivity index (χ0) is 16.2. The van der Waals surface area contributed by atoms with Crippen molar-refractivity contribution in [3.05, 3.63) is 36.7 Å². The second-order valence-electron chi connectivity index (χ2n) is 5.42. The van der Waals surface area contributed by atoms with E-state index in [0.717, 1.165) is 5.82 Å². The highest BCUT2D eigenvalue weighted by molar-refractivity contribution is 5.92. The number of nitrogens with one attached hydrogen (secondary N) is 2. The molecule has 1 amide bonds. The van der Waals surface area contributed by atoms with Crippen LogP contribution < -0.4 is 15.4 Å². The Morgan fingerprint density at radius 2 is 2.04 bits per heavy atom. The minimum Gasteiger partial charge on any atom is -0.456 e. The number of pyridine rings is 2. The van der Waals surface area contributed by atoms with Crippen molar-refractivity contribution >= 4 is 17.5 Å². The summed E-state index contributed by atoms with van der Waals surface area (Å²) < 4.78 is 5.70. The lowest BCUT2D eigenvalue weighted by molar-refractivity contribution is -0.126. The van der Waals surface area contributed by atoms with E-state index in [1.54, 1.807) is 43.7 Å². The van der Waals surface area contributed by atoms with Gasteiger partial charge in [0.05, 0.1) is 12.3 Å². The van der Waals surface area contributed by atoms with E-state index >= 15 is 0 Å². The van der Waals surface area contributed by atoms with Crippen LogP contribution >= 0.6 is 0 Å². The third-order valence-corrected chi connectivity index (χ3v) is 3.69. The van der Waals surface area contributed by atoms with Gasteiger partial charge in [-0.25, -0.2) is 9.97 Å². The molecule has 1 saturated carbocycles. The number of carbonyl (C=O) groups excluding carboxylic acids is 1. The Kier molecular flexibility index (Phi) is 4.38. The van der Waals surface area contributed by atoms with Crippen LogP contribution in [0.25, 0.3) is 0 Å². The van der Waals surface area contributed by atoms with Crippen LogP contribution in [0.15, 0.2) is 36.7 Å². The quantitative estimate of drug-likeness (QED) is 0.781. The number of aliphatic hydroxyl groups excluding tert-OH is 1. The first-order valence-electron chi connectivity index (χ1n) is 7.40. The predicted octanol–water partition coefficient (Wildman–Crippen LogP) is 2.02. The normalized spacial score (nSPS) is 19.6. The van der Waals surface area contributed by atoms with Crippen molar-refractivity contribution in [3.8, 4) is 11.5 Å². The van der Waals surface area contributed by atoms with Gasteiger partial charge in [-0.2, -0.15) is 0 Å². The highest BCUT2D eigenvalue weighted by Gasteiger charge is 2.33. The van der Waals surface area contributed by atoms with Gasteiger partial charge >= 0.3 is 0 Å². The lowest BCUT2D eigenvalue weighted by Crippen LogP contribution is -2.37. The van der Waals surface area contributed by atoms with Gasteiger partial charge in [0.2, 0.25) is 5.91 Å². The first-order chi connectivity index (χ1) is 11.1. The first-order valence-corrected chi connectivity index (χ1v) is 7.40. The van der Waals surface area contributed by atoms with Crippen molar-refractivity contribution in [2.45, 2.75) is 18.9 Å². The van der Waals surface area contributed by atoms with Crippen molar-refractivity contribution in [1.29, 1.82) is 0 Å². The van der Waals surface area contributed by atoms with E-state index in [-0.39, 0.29) is 17.9 Å². The summed E-state index contributed by atoms with van der Waals surface area (Å²) in [4.78, 5) is 20.2. The number of aromatic nitrogens is 2. The number of ether oxygens (including phenoxy) is 1. The molecule has 120 valence electrons. The minimum atomic E-state index is -0.360. The van der Waals surface area contributed by atoms with Crippen LogP contribution in [0.5, 0.6) is 11.5 Å². The molecule has 3 rings (SSSR count). The third-order valence-electron chi connectivity index (χ3n) is 3.69. The van der Waals surface area contributed by atoms with Crippen molar-refractivity contribution in [2.24, 2.45) is 5.92 Å². The zero-order valence-electron chi connectivity index (χ0n) is 12.7.